The van der Waals surface area contributed by atoms with Crippen LogP contribution in [-0.2, 0) is 0 Å². The molecule has 0 saturated heterocycles. The second-order valence-corrected chi connectivity index (χ2v) is 3.77. The van der Waals surface area contributed by atoms with Crippen molar-refractivity contribution in [3.05, 3.63) is 40.2 Å². The molecular formula is C9H5BrClN3. The zero-order valence-electron chi connectivity index (χ0n) is 6.98. The van der Waals surface area contributed by atoms with Gasteiger partial charge in [-0.3, -0.25) is 0 Å². The van der Waals surface area contributed by atoms with Gasteiger partial charge in [-0.15, -0.1) is 5.10 Å². The zero-order chi connectivity index (χ0) is 9.97. The van der Waals surface area contributed by atoms with Crippen molar-refractivity contribution < 1.29 is 0 Å². The van der Waals surface area contributed by atoms with Gasteiger partial charge in [0.1, 0.15) is 0 Å². The number of aromatic nitrogens is 3. The second kappa shape index (κ2) is 4.02. The third kappa shape index (κ3) is 2.08. The Kier molecular flexibility index (Phi) is 2.74. The van der Waals surface area contributed by atoms with Gasteiger partial charge in [-0.1, -0.05) is 23.7 Å². The second-order valence-electron chi connectivity index (χ2n) is 2.62. The molecule has 0 aliphatic carbocycles. The summed E-state index contributed by atoms with van der Waals surface area (Å²) in [5, 5.41) is 8.18. The molecule has 0 saturated carbocycles. The Bertz CT molecular complexity index is 418. The van der Waals surface area contributed by atoms with Gasteiger partial charge in [0.05, 0.1) is 11.9 Å². The first-order valence-corrected chi connectivity index (χ1v) is 5.04. The average molecular weight is 271 g/mol. The third-order valence-electron chi connectivity index (χ3n) is 1.65. The molecule has 14 heavy (non-hydrogen) atoms. The molecule has 0 aliphatic rings. The first-order chi connectivity index (χ1) is 6.75. The minimum Gasteiger partial charge on any atom is -0.219 e. The summed E-state index contributed by atoms with van der Waals surface area (Å²) in [5.41, 5.74) is 1.67. The van der Waals surface area contributed by atoms with E-state index in [0.717, 1.165) is 11.3 Å². The topological polar surface area (TPSA) is 38.7 Å². The van der Waals surface area contributed by atoms with E-state index in [2.05, 4.69) is 31.1 Å². The summed E-state index contributed by atoms with van der Waals surface area (Å²) in [6.45, 7) is 0. The largest absolute Gasteiger partial charge is 0.219 e. The fourth-order valence-corrected chi connectivity index (χ4v) is 1.54. The Labute approximate surface area is 94.3 Å². The molecule has 0 fully saturated rings. The fourth-order valence-electron chi connectivity index (χ4n) is 1.07. The first kappa shape index (κ1) is 9.55. The highest BCUT2D eigenvalue weighted by Crippen LogP contribution is 2.20. The molecule has 1 aromatic heterocycles. The van der Waals surface area contributed by atoms with Crippen molar-refractivity contribution in [1.29, 1.82) is 0 Å². The highest BCUT2D eigenvalue weighted by molar-refractivity contribution is 9.10. The molecule has 2 aromatic rings. The van der Waals surface area contributed by atoms with Gasteiger partial charge in [0, 0.05) is 10.6 Å². The minimum atomic E-state index is 0.468. The van der Waals surface area contributed by atoms with E-state index >= 15 is 0 Å². The number of benzene rings is 1. The molecule has 5 heteroatoms. The molecule has 0 radical (unpaired) electrons. The number of rotatable bonds is 1. The van der Waals surface area contributed by atoms with Crippen molar-refractivity contribution in [3.63, 3.8) is 0 Å². The van der Waals surface area contributed by atoms with Gasteiger partial charge in [-0.05, 0) is 28.1 Å². The van der Waals surface area contributed by atoms with Gasteiger partial charge < -0.3 is 0 Å². The van der Waals surface area contributed by atoms with Crippen LogP contribution in [0.2, 0.25) is 5.02 Å². The van der Waals surface area contributed by atoms with Crippen molar-refractivity contribution in [3.8, 4) is 11.3 Å². The summed E-state index contributed by atoms with van der Waals surface area (Å²) in [6.07, 6.45) is 1.59. The number of halogens is 2. The van der Waals surface area contributed by atoms with Crippen LogP contribution in [0.25, 0.3) is 11.3 Å². The Morgan fingerprint density at radius 2 is 2.14 bits per heavy atom. The predicted molar refractivity (Wildman–Crippen MR) is 58.0 cm³/mol. The minimum absolute atomic E-state index is 0.468. The van der Waals surface area contributed by atoms with Crippen molar-refractivity contribution >= 4 is 27.5 Å². The van der Waals surface area contributed by atoms with E-state index < -0.39 is 0 Å². The van der Waals surface area contributed by atoms with Crippen molar-refractivity contribution in [2.75, 3.05) is 0 Å². The molecule has 0 spiro atoms. The normalized spacial score (nSPS) is 10.1. The molecule has 0 N–H and O–H groups in total. The van der Waals surface area contributed by atoms with E-state index in [9.17, 15) is 0 Å². The van der Waals surface area contributed by atoms with Gasteiger partial charge >= 0.3 is 0 Å². The molecule has 0 atom stereocenters. The molecule has 1 aromatic carbocycles. The van der Waals surface area contributed by atoms with E-state index in [1.165, 1.54) is 0 Å². The van der Waals surface area contributed by atoms with Crippen LogP contribution in [0.3, 0.4) is 0 Å². The summed E-state index contributed by atoms with van der Waals surface area (Å²) >= 11 is 9.02. The summed E-state index contributed by atoms with van der Waals surface area (Å²) in [4.78, 5) is 4.17. The molecule has 0 bridgehead atoms. The number of nitrogens with zero attached hydrogens (tertiary/aromatic N) is 3. The van der Waals surface area contributed by atoms with Gasteiger partial charge in [0.25, 0.3) is 0 Å². The molecule has 2 rings (SSSR count). The van der Waals surface area contributed by atoms with Crippen LogP contribution in [0.1, 0.15) is 0 Å². The molecule has 0 aliphatic heterocycles. The van der Waals surface area contributed by atoms with Crippen LogP contribution in [-0.4, -0.2) is 15.2 Å². The number of hydrogen-bond donors (Lipinski definition) is 0. The van der Waals surface area contributed by atoms with E-state index in [-0.39, 0.29) is 0 Å². The van der Waals surface area contributed by atoms with Crippen LogP contribution in [0.5, 0.6) is 0 Å². The maximum atomic E-state index is 5.86. The van der Waals surface area contributed by atoms with Gasteiger partial charge in [-0.2, -0.15) is 5.10 Å². The summed E-state index contributed by atoms with van der Waals surface area (Å²) in [5.74, 6) is 0. The lowest BCUT2D eigenvalue weighted by Crippen LogP contribution is -1.90. The van der Waals surface area contributed by atoms with Gasteiger partial charge in [0.2, 0.25) is 4.73 Å². The van der Waals surface area contributed by atoms with Crippen LogP contribution < -0.4 is 0 Å². The zero-order valence-corrected chi connectivity index (χ0v) is 9.33. The highest BCUT2D eigenvalue weighted by Gasteiger charge is 2.01. The molecule has 3 nitrogen and oxygen atoms in total. The van der Waals surface area contributed by atoms with Crippen LogP contribution in [0.15, 0.2) is 35.2 Å². The lowest BCUT2D eigenvalue weighted by molar-refractivity contribution is 0.939. The third-order valence-corrected chi connectivity index (χ3v) is 2.22. The van der Waals surface area contributed by atoms with E-state index in [0.29, 0.717) is 9.76 Å². The average Bonchev–Trinajstić information content (AvgIpc) is 2.18. The summed E-state index contributed by atoms with van der Waals surface area (Å²) < 4.78 is 0.468. The van der Waals surface area contributed by atoms with E-state index in [4.69, 9.17) is 11.6 Å². The maximum Gasteiger partial charge on any atom is 0.218 e. The Hall–Kier alpha value is -1.000. The first-order valence-electron chi connectivity index (χ1n) is 3.87. The monoisotopic (exact) mass is 269 g/mol. The smallest absolute Gasteiger partial charge is 0.218 e. The summed E-state index contributed by atoms with van der Waals surface area (Å²) in [6, 6.07) is 7.43. The fraction of sp³-hybridized carbons (Fsp3) is 0. The van der Waals surface area contributed by atoms with Crippen LogP contribution in [0, 0.1) is 0 Å². The molecule has 0 unspecified atom stereocenters. The quantitative estimate of drug-likeness (QED) is 0.800. The van der Waals surface area contributed by atoms with Gasteiger partial charge in [0.15, 0.2) is 0 Å². The van der Waals surface area contributed by atoms with Crippen LogP contribution in [0.4, 0.5) is 0 Å². The number of hydrogen-bond acceptors (Lipinski definition) is 3. The van der Waals surface area contributed by atoms with Crippen molar-refractivity contribution in [1.82, 2.24) is 15.2 Å². The molecule has 0 amide bonds. The van der Waals surface area contributed by atoms with Gasteiger partial charge in [-0.25, -0.2) is 4.98 Å². The SMILES string of the molecule is Clc1cccc(-c2cnnc(Br)n2)c1. The Morgan fingerprint density at radius 3 is 2.86 bits per heavy atom. The predicted octanol–water partition coefficient (Wildman–Crippen LogP) is 2.95. The standard InChI is InChI=1S/C9H5BrClN3/c10-9-13-8(5-12-14-9)6-2-1-3-7(11)4-6/h1-5H. The molecular weight excluding hydrogens is 265 g/mol. The lowest BCUT2D eigenvalue weighted by atomic mass is 10.2. The van der Waals surface area contributed by atoms with Crippen molar-refractivity contribution in [2.45, 2.75) is 0 Å². The molecule has 1 heterocycles. The van der Waals surface area contributed by atoms with Crippen LogP contribution >= 0.6 is 27.5 Å². The highest BCUT2D eigenvalue weighted by atomic mass is 79.9. The molecule has 70 valence electrons. The lowest BCUT2D eigenvalue weighted by Gasteiger charge is -1.99. The van der Waals surface area contributed by atoms with E-state index in [1.54, 1.807) is 6.20 Å². The van der Waals surface area contributed by atoms with Crippen molar-refractivity contribution in [2.24, 2.45) is 0 Å². The Morgan fingerprint density at radius 1 is 1.29 bits per heavy atom. The Balaban J connectivity index is 2.49. The maximum absolute atomic E-state index is 5.86. The van der Waals surface area contributed by atoms with E-state index in [1.807, 2.05) is 24.3 Å². The summed E-state index contributed by atoms with van der Waals surface area (Å²) in [7, 11) is 0.